The number of carbonyl (C=O) groups excluding carboxylic acids is 1. The highest BCUT2D eigenvalue weighted by Crippen LogP contribution is 2.25. The summed E-state index contributed by atoms with van der Waals surface area (Å²) in [7, 11) is 0. The highest BCUT2D eigenvalue weighted by Gasteiger charge is 2.15. The van der Waals surface area contributed by atoms with Crippen molar-refractivity contribution in [2.45, 2.75) is 26.9 Å². The summed E-state index contributed by atoms with van der Waals surface area (Å²) in [5.41, 5.74) is 2.06. The maximum atomic E-state index is 11.5. The van der Waals surface area contributed by atoms with E-state index < -0.39 is 6.10 Å². The zero-order chi connectivity index (χ0) is 14.5. The Hall–Kier alpha value is -1.88. The Labute approximate surface area is 122 Å². The average molecular weight is 291 g/mol. The first kappa shape index (κ1) is 14.5. The topological polar surface area (TPSA) is 48.4 Å². The van der Waals surface area contributed by atoms with Crippen molar-refractivity contribution in [1.29, 1.82) is 0 Å². The molecule has 0 spiro atoms. The fourth-order valence-corrected chi connectivity index (χ4v) is 2.48. The molecule has 106 valence electrons. The maximum Gasteiger partial charge on any atom is 0.347 e. The second-order valence-corrected chi connectivity index (χ2v) is 5.19. The molecule has 0 saturated carbocycles. The predicted octanol–water partition coefficient (Wildman–Crippen LogP) is 3.45. The molecule has 0 amide bonds. The van der Waals surface area contributed by atoms with Gasteiger partial charge in [-0.3, -0.25) is 0 Å². The van der Waals surface area contributed by atoms with Gasteiger partial charge in [0.05, 0.1) is 6.61 Å². The first-order valence-corrected chi connectivity index (χ1v) is 7.34. The molecular formula is C15H17NO3S. The molecule has 1 aromatic heterocycles. The predicted molar refractivity (Wildman–Crippen MR) is 79.0 cm³/mol. The van der Waals surface area contributed by atoms with E-state index in [0.717, 1.165) is 16.3 Å². The van der Waals surface area contributed by atoms with Gasteiger partial charge in [0.15, 0.2) is 6.10 Å². The van der Waals surface area contributed by atoms with Crippen LogP contribution in [0.1, 0.15) is 19.5 Å². The molecule has 0 bridgehead atoms. The first-order chi connectivity index (χ1) is 9.60. The van der Waals surface area contributed by atoms with E-state index in [0.29, 0.717) is 12.4 Å². The van der Waals surface area contributed by atoms with Crippen molar-refractivity contribution in [2.24, 2.45) is 0 Å². The third kappa shape index (κ3) is 3.57. The van der Waals surface area contributed by atoms with Gasteiger partial charge in [0.2, 0.25) is 0 Å². The number of esters is 1. The molecule has 0 saturated heterocycles. The van der Waals surface area contributed by atoms with Crippen LogP contribution in [0.4, 0.5) is 0 Å². The lowest BCUT2D eigenvalue weighted by atomic mass is 10.2. The van der Waals surface area contributed by atoms with Gasteiger partial charge in [-0.15, -0.1) is 11.3 Å². The number of thiazole rings is 1. The monoisotopic (exact) mass is 291 g/mol. The van der Waals surface area contributed by atoms with Crippen LogP contribution in [0.5, 0.6) is 5.75 Å². The fraction of sp³-hybridized carbons (Fsp3) is 0.333. The molecule has 20 heavy (non-hydrogen) atoms. The average Bonchev–Trinajstić information content (AvgIpc) is 2.86. The van der Waals surface area contributed by atoms with Gasteiger partial charge < -0.3 is 9.47 Å². The molecular weight excluding hydrogens is 274 g/mol. The van der Waals surface area contributed by atoms with E-state index in [-0.39, 0.29) is 5.97 Å². The molecule has 2 rings (SSSR count). The van der Waals surface area contributed by atoms with Gasteiger partial charge in [-0.1, -0.05) is 0 Å². The molecule has 0 fully saturated rings. The van der Waals surface area contributed by atoms with E-state index in [1.54, 1.807) is 25.2 Å². The van der Waals surface area contributed by atoms with Crippen LogP contribution in [0.2, 0.25) is 0 Å². The standard InChI is InChI=1S/C15H17NO3S/c1-4-18-15(17)11(3)19-13-7-5-12(6-8-13)14-16-10(2)9-20-14/h5-9,11H,4H2,1-3H3. The number of benzene rings is 1. The summed E-state index contributed by atoms with van der Waals surface area (Å²) in [6, 6.07) is 7.54. The van der Waals surface area contributed by atoms with Crippen LogP contribution in [-0.4, -0.2) is 23.7 Å². The summed E-state index contributed by atoms with van der Waals surface area (Å²) in [5, 5.41) is 3.00. The van der Waals surface area contributed by atoms with Gasteiger partial charge >= 0.3 is 5.97 Å². The van der Waals surface area contributed by atoms with E-state index >= 15 is 0 Å². The minimum atomic E-state index is -0.608. The molecule has 0 aliphatic heterocycles. The lowest BCUT2D eigenvalue weighted by Gasteiger charge is -2.13. The number of ether oxygens (including phenoxy) is 2. The Morgan fingerprint density at radius 2 is 2.05 bits per heavy atom. The maximum absolute atomic E-state index is 11.5. The summed E-state index contributed by atoms with van der Waals surface area (Å²) in [4.78, 5) is 15.9. The molecule has 0 N–H and O–H groups in total. The SMILES string of the molecule is CCOC(=O)C(C)Oc1ccc(-c2nc(C)cs2)cc1. The van der Waals surface area contributed by atoms with Gasteiger partial charge in [-0.05, 0) is 45.0 Å². The number of carbonyl (C=O) groups is 1. The molecule has 0 radical (unpaired) electrons. The molecule has 2 aromatic rings. The second kappa shape index (κ2) is 6.52. The number of aryl methyl sites for hydroxylation is 1. The van der Waals surface area contributed by atoms with E-state index in [2.05, 4.69) is 4.98 Å². The molecule has 1 unspecified atom stereocenters. The van der Waals surface area contributed by atoms with Gasteiger partial charge in [0, 0.05) is 16.6 Å². The summed E-state index contributed by atoms with van der Waals surface area (Å²) < 4.78 is 10.4. The molecule has 5 heteroatoms. The summed E-state index contributed by atoms with van der Waals surface area (Å²) >= 11 is 1.61. The van der Waals surface area contributed by atoms with Gasteiger partial charge in [-0.2, -0.15) is 0 Å². The molecule has 0 aliphatic rings. The van der Waals surface area contributed by atoms with Crippen LogP contribution in [0, 0.1) is 6.92 Å². The minimum Gasteiger partial charge on any atom is -0.479 e. The highest BCUT2D eigenvalue weighted by molar-refractivity contribution is 7.13. The largest absolute Gasteiger partial charge is 0.479 e. The van der Waals surface area contributed by atoms with E-state index in [9.17, 15) is 4.79 Å². The van der Waals surface area contributed by atoms with Crippen LogP contribution < -0.4 is 4.74 Å². The normalized spacial score (nSPS) is 11.9. The van der Waals surface area contributed by atoms with Gasteiger partial charge in [0.25, 0.3) is 0 Å². The van der Waals surface area contributed by atoms with Gasteiger partial charge in [-0.25, -0.2) is 9.78 Å². The minimum absolute atomic E-state index is 0.355. The van der Waals surface area contributed by atoms with Crippen molar-refractivity contribution in [3.05, 3.63) is 35.3 Å². The number of hydrogen-bond donors (Lipinski definition) is 0. The van der Waals surface area contributed by atoms with Crippen molar-refractivity contribution in [2.75, 3.05) is 6.61 Å². The Morgan fingerprint density at radius 1 is 1.35 bits per heavy atom. The molecule has 4 nitrogen and oxygen atoms in total. The Bertz CT molecular complexity index is 577. The zero-order valence-electron chi connectivity index (χ0n) is 11.8. The van der Waals surface area contributed by atoms with E-state index in [4.69, 9.17) is 9.47 Å². The third-order valence-electron chi connectivity index (χ3n) is 2.65. The molecule has 1 heterocycles. The van der Waals surface area contributed by atoms with Crippen molar-refractivity contribution in [1.82, 2.24) is 4.98 Å². The van der Waals surface area contributed by atoms with Crippen molar-refractivity contribution >= 4 is 17.3 Å². The van der Waals surface area contributed by atoms with Gasteiger partial charge in [0.1, 0.15) is 10.8 Å². The van der Waals surface area contributed by atoms with E-state index in [1.807, 2.05) is 36.6 Å². The second-order valence-electron chi connectivity index (χ2n) is 4.33. The quantitative estimate of drug-likeness (QED) is 0.792. The number of nitrogens with zero attached hydrogens (tertiary/aromatic N) is 1. The Balaban J connectivity index is 2.03. The zero-order valence-corrected chi connectivity index (χ0v) is 12.6. The van der Waals surface area contributed by atoms with Crippen LogP contribution in [0.25, 0.3) is 10.6 Å². The Kier molecular flexibility index (Phi) is 4.74. The van der Waals surface area contributed by atoms with Crippen LogP contribution in [0.3, 0.4) is 0 Å². The summed E-state index contributed by atoms with van der Waals surface area (Å²) in [6.45, 7) is 5.78. The summed E-state index contributed by atoms with van der Waals surface area (Å²) in [5.74, 6) is 0.287. The molecule has 1 atom stereocenters. The van der Waals surface area contributed by atoms with Crippen molar-refractivity contribution < 1.29 is 14.3 Å². The third-order valence-corrected chi connectivity index (χ3v) is 3.66. The van der Waals surface area contributed by atoms with Crippen LogP contribution in [0.15, 0.2) is 29.6 Å². The summed E-state index contributed by atoms with van der Waals surface area (Å²) in [6.07, 6.45) is -0.608. The van der Waals surface area contributed by atoms with Crippen LogP contribution >= 0.6 is 11.3 Å². The fourth-order valence-electron chi connectivity index (χ4n) is 1.67. The van der Waals surface area contributed by atoms with Crippen LogP contribution in [-0.2, 0) is 9.53 Å². The van der Waals surface area contributed by atoms with Crippen molar-refractivity contribution in [3.63, 3.8) is 0 Å². The number of aromatic nitrogens is 1. The Morgan fingerprint density at radius 3 is 2.60 bits per heavy atom. The molecule has 0 aliphatic carbocycles. The lowest BCUT2D eigenvalue weighted by Crippen LogP contribution is -2.25. The van der Waals surface area contributed by atoms with Crippen molar-refractivity contribution in [3.8, 4) is 16.3 Å². The first-order valence-electron chi connectivity index (χ1n) is 6.46. The van der Waals surface area contributed by atoms with E-state index in [1.165, 1.54) is 0 Å². The number of hydrogen-bond acceptors (Lipinski definition) is 5. The lowest BCUT2D eigenvalue weighted by molar-refractivity contribution is -0.150. The highest BCUT2D eigenvalue weighted by atomic mass is 32.1. The smallest absolute Gasteiger partial charge is 0.347 e. The molecule has 1 aromatic carbocycles. The number of rotatable bonds is 5.